The molecule has 1 heterocycles. The average molecular weight is 357 g/mol. The summed E-state index contributed by atoms with van der Waals surface area (Å²) in [5, 5.41) is 14.2. The van der Waals surface area contributed by atoms with E-state index in [1.165, 1.54) is 23.5 Å². The van der Waals surface area contributed by atoms with Gasteiger partial charge in [-0.05, 0) is 30.9 Å². The Bertz CT molecular complexity index is 692. The number of hydrogen-bond donors (Lipinski definition) is 1. The highest BCUT2D eigenvalue weighted by atomic mass is 32.2. The first-order chi connectivity index (χ1) is 11.4. The highest BCUT2D eigenvalue weighted by Crippen LogP contribution is 2.30. The standard InChI is InChI=1S/C15H23N3O5S/c1-12-4-3-8-17(11-12)24(21,22)13-5-6-14(16-7-9-23-2)15(10-13)18(19)20/h5-6,10,12,16H,3-4,7-9,11H2,1-2H3/t12-/m0/s1. The van der Waals surface area contributed by atoms with Gasteiger partial charge in [0.25, 0.3) is 5.69 Å². The smallest absolute Gasteiger partial charge is 0.293 e. The lowest BCUT2D eigenvalue weighted by Crippen LogP contribution is -2.39. The molecule has 1 aromatic carbocycles. The Hall–Kier alpha value is -1.71. The van der Waals surface area contributed by atoms with E-state index in [0.29, 0.717) is 32.2 Å². The van der Waals surface area contributed by atoms with Gasteiger partial charge in [0.2, 0.25) is 10.0 Å². The molecule has 134 valence electrons. The van der Waals surface area contributed by atoms with Crippen LogP contribution < -0.4 is 5.32 Å². The van der Waals surface area contributed by atoms with Crippen molar-refractivity contribution < 1.29 is 18.1 Å². The Morgan fingerprint density at radius 1 is 1.46 bits per heavy atom. The van der Waals surface area contributed by atoms with Gasteiger partial charge in [-0.3, -0.25) is 10.1 Å². The second-order valence-corrected chi connectivity index (χ2v) is 7.90. The molecule has 0 unspecified atom stereocenters. The van der Waals surface area contributed by atoms with Gasteiger partial charge < -0.3 is 10.1 Å². The summed E-state index contributed by atoms with van der Waals surface area (Å²) in [4.78, 5) is 10.7. The van der Waals surface area contributed by atoms with Crippen molar-refractivity contribution in [3.63, 3.8) is 0 Å². The van der Waals surface area contributed by atoms with Gasteiger partial charge in [-0.1, -0.05) is 6.92 Å². The molecule has 1 N–H and O–H groups in total. The third kappa shape index (κ3) is 4.22. The van der Waals surface area contributed by atoms with E-state index in [9.17, 15) is 18.5 Å². The molecule has 0 amide bonds. The number of nitrogens with one attached hydrogen (secondary N) is 1. The summed E-state index contributed by atoms with van der Waals surface area (Å²) >= 11 is 0. The van der Waals surface area contributed by atoms with E-state index >= 15 is 0 Å². The molecule has 1 saturated heterocycles. The molecule has 1 aliphatic heterocycles. The Balaban J connectivity index is 2.29. The van der Waals surface area contributed by atoms with Gasteiger partial charge in [0.1, 0.15) is 5.69 Å². The molecule has 0 bridgehead atoms. The molecule has 1 fully saturated rings. The van der Waals surface area contributed by atoms with Gasteiger partial charge >= 0.3 is 0 Å². The molecule has 2 rings (SSSR count). The molecular formula is C15H23N3O5S. The van der Waals surface area contributed by atoms with Crippen molar-refractivity contribution in [2.45, 2.75) is 24.7 Å². The van der Waals surface area contributed by atoms with Crippen LogP contribution in [0.3, 0.4) is 0 Å². The SMILES string of the molecule is COCCNc1ccc(S(=O)(=O)N2CCC[C@H](C)C2)cc1[N+](=O)[O-]. The summed E-state index contributed by atoms with van der Waals surface area (Å²) in [6, 6.07) is 3.98. The molecule has 0 radical (unpaired) electrons. The number of sulfonamides is 1. The number of rotatable bonds is 7. The number of methoxy groups -OCH3 is 1. The lowest BCUT2D eigenvalue weighted by molar-refractivity contribution is -0.384. The van der Waals surface area contributed by atoms with E-state index in [1.54, 1.807) is 0 Å². The second kappa shape index (κ2) is 7.91. The fraction of sp³-hybridized carbons (Fsp3) is 0.600. The lowest BCUT2D eigenvalue weighted by atomic mass is 10.0. The summed E-state index contributed by atoms with van der Waals surface area (Å²) in [6.45, 7) is 3.70. The number of anilines is 1. The number of nitrogens with zero attached hydrogens (tertiary/aromatic N) is 2. The van der Waals surface area contributed by atoms with Crippen LogP contribution in [0.1, 0.15) is 19.8 Å². The number of piperidine rings is 1. The average Bonchev–Trinajstić information content (AvgIpc) is 2.55. The van der Waals surface area contributed by atoms with Crippen LogP contribution in [0, 0.1) is 16.0 Å². The van der Waals surface area contributed by atoms with Gasteiger partial charge in [-0.15, -0.1) is 0 Å². The maximum atomic E-state index is 12.7. The molecule has 0 aromatic heterocycles. The van der Waals surface area contributed by atoms with E-state index in [1.807, 2.05) is 6.92 Å². The highest BCUT2D eigenvalue weighted by molar-refractivity contribution is 7.89. The van der Waals surface area contributed by atoms with Crippen molar-refractivity contribution in [1.82, 2.24) is 4.31 Å². The molecule has 8 nitrogen and oxygen atoms in total. The fourth-order valence-corrected chi connectivity index (χ4v) is 4.39. The van der Waals surface area contributed by atoms with E-state index in [2.05, 4.69) is 5.32 Å². The number of hydrogen-bond acceptors (Lipinski definition) is 6. The summed E-state index contributed by atoms with van der Waals surface area (Å²) in [6.07, 6.45) is 1.80. The molecule has 9 heteroatoms. The Morgan fingerprint density at radius 3 is 2.83 bits per heavy atom. The van der Waals surface area contributed by atoms with Crippen LogP contribution in [0.4, 0.5) is 11.4 Å². The second-order valence-electron chi connectivity index (χ2n) is 5.97. The predicted octanol–water partition coefficient (Wildman–Crippen LogP) is 2.07. The fourth-order valence-electron chi connectivity index (χ4n) is 2.77. The molecule has 0 aliphatic carbocycles. The van der Waals surface area contributed by atoms with Crippen molar-refractivity contribution in [2.24, 2.45) is 5.92 Å². The largest absolute Gasteiger partial charge is 0.383 e. The lowest BCUT2D eigenvalue weighted by Gasteiger charge is -2.30. The Kier molecular flexibility index (Phi) is 6.14. The first-order valence-electron chi connectivity index (χ1n) is 7.87. The van der Waals surface area contributed by atoms with Gasteiger partial charge in [0.15, 0.2) is 0 Å². The minimum atomic E-state index is -3.72. The molecule has 24 heavy (non-hydrogen) atoms. The van der Waals surface area contributed by atoms with Gasteiger partial charge in [0, 0.05) is 32.8 Å². The number of benzene rings is 1. The number of nitro benzene ring substituents is 1. The van der Waals surface area contributed by atoms with Crippen molar-refractivity contribution in [3.8, 4) is 0 Å². The zero-order valence-corrected chi connectivity index (χ0v) is 14.7. The van der Waals surface area contributed by atoms with Crippen LogP contribution >= 0.6 is 0 Å². The van der Waals surface area contributed by atoms with Crippen LogP contribution in [0.15, 0.2) is 23.1 Å². The quantitative estimate of drug-likeness (QED) is 0.455. The van der Waals surface area contributed by atoms with Crippen molar-refractivity contribution in [3.05, 3.63) is 28.3 Å². The first-order valence-corrected chi connectivity index (χ1v) is 9.31. The van der Waals surface area contributed by atoms with Gasteiger partial charge in [-0.25, -0.2) is 8.42 Å². The summed E-state index contributed by atoms with van der Waals surface area (Å²) in [5.41, 5.74) is 0.0280. The van der Waals surface area contributed by atoms with E-state index in [-0.39, 0.29) is 16.3 Å². The molecule has 1 aliphatic rings. The molecule has 1 aromatic rings. The van der Waals surface area contributed by atoms with Crippen LogP contribution in [0.2, 0.25) is 0 Å². The molecular weight excluding hydrogens is 334 g/mol. The van der Waals surface area contributed by atoms with Gasteiger partial charge in [-0.2, -0.15) is 4.31 Å². The van der Waals surface area contributed by atoms with Crippen LogP contribution in [0.25, 0.3) is 0 Å². The monoisotopic (exact) mass is 357 g/mol. The normalized spacial score (nSPS) is 19.2. The summed E-state index contributed by atoms with van der Waals surface area (Å²) in [7, 11) is -2.18. The van der Waals surface area contributed by atoms with E-state index in [4.69, 9.17) is 4.74 Å². The molecule has 0 spiro atoms. The van der Waals surface area contributed by atoms with E-state index < -0.39 is 14.9 Å². The summed E-state index contributed by atoms with van der Waals surface area (Å²) in [5.74, 6) is 0.290. The zero-order chi connectivity index (χ0) is 17.7. The van der Waals surface area contributed by atoms with Crippen molar-refractivity contribution in [1.29, 1.82) is 0 Å². The Labute approximate surface area is 142 Å². The van der Waals surface area contributed by atoms with Gasteiger partial charge in [0.05, 0.1) is 16.4 Å². The van der Waals surface area contributed by atoms with E-state index in [0.717, 1.165) is 18.9 Å². The van der Waals surface area contributed by atoms with Crippen LogP contribution in [-0.2, 0) is 14.8 Å². The van der Waals surface area contributed by atoms with Crippen LogP contribution in [0.5, 0.6) is 0 Å². The molecule has 1 atom stereocenters. The topological polar surface area (TPSA) is 102 Å². The maximum absolute atomic E-state index is 12.7. The molecule has 0 saturated carbocycles. The minimum absolute atomic E-state index is 0.0411. The maximum Gasteiger partial charge on any atom is 0.293 e. The number of nitro groups is 1. The first kappa shape index (κ1) is 18.6. The van der Waals surface area contributed by atoms with Crippen molar-refractivity contribution in [2.75, 3.05) is 38.7 Å². The minimum Gasteiger partial charge on any atom is -0.383 e. The third-order valence-electron chi connectivity index (χ3n) is 4.05. The Morgan fingerprint density at radius 2 is 2.21 bits per heavy atom. The zero-order valence-electron chi connectivity index (χ0n) is 13.9. The highest BCUT2D eigenvalue weighted by Gasteiger charge is 2.30. The predicted molar refractivity (Wildman–Crippen MR) is 90.6 cm³/mol. The summed E-state index contributed by atoms with van der Waals surface area (Å²) < 4.78 is 31.8. The third-order valence-corrected chi connectivity index (χ3v) is 5.91. The van der Waals surface area contributed by atoms with Crippen molar-refractivity contribution >= 4 is 21.4 Å². The number of ether oxygens (including phenoxy) is 1. The van der Waals surface area contributed by atoms with Crippen LogP contribution in [-0.4, -0.2) is 51.0 Å².